The van der Waals surface area contributed by atoms with E-state index in [9.17, 15) is 5.11 Å². The van der Waals surface area contributed by atoms with Crippen LogP contribution in [0.1, 0.15) is 24.2 Å². The van der Waals surface area contributed by atoms with Gasteiger partial charge < -0.3 is 14.6 Å². The Hall–Kier alpha value is -2.33. The first-order valence-corrected chi connectivity index (χ1v) is 6.86. The highest BCUT2D eigenvalue weighted by molar-refractivity contribution is 5.79. The zero-order valence-corrected chi connectivity index (χ0v) is 12.0. The lowest BCUT2D eigenvalue weighted by atomic mass is 10.1. The average Bonchev–Trinajstić information content (AvgIpc) is 2.54. The van der Waals surface area contributed by atoms with Crippen LogP contribution in [0.25, 0.3) is 0 Å². The van der Waals surface area contributed by atoms with Crippen LogP contribution in [0.3, 0.4) is 0 Å². The Bertz CT molecular complexity index is 584. The van der Waals surface area contributed by atoms with Gasteiger partial charge in [-0.15, -0.1) is 0 Å². The van der Waals surface area contributed by atoms with E-state index in [1.807, 2.05) is 36.4 Å². The zero-order chi connectivity index (χ0) is 15.1. The summed E-state index contributed by atoms with van der Waals surface area (Å²) in [6.07, 6.45) is -1.06. The highest BCUT2D eigenvalue weighted by Gasteiger charge is 2.15. The van der Waals surface area contributed by atoms with E-state index in [0.29, 0.717) is 24.5 Å². The van der Waals surface area contributed by atoms with Crippen molar-refractivity contribution in [3.8, 4) is 5.75 Å². The molecule has 0 bridgehead atoms. The minimum atomic E-state index is -1.06. The van der Waals surface area contributed by atoms with Crippen molar-refractivity contribution in [1.82, 2.24) is 0 Å². The fraction of sp³-hybridized carbons (Fsp3) is 0.235. The maximum absolute atomic E-state index is 10.0. The van der Waals surface area contributed by atoms with E-state index in [0.717, 1.165) is 5.56 Å². The van der Waals surface area contributed by atoms with Gasteiger partial charge >= 0.3 is 0 Å². The summed E-state index contributed by atoms with van der Waals surface area (Å²) in [5.74, 6) is 0.498. The van der Waals surface area contributed by atoms with Crippen LogP contribution in [0.5, 0.6) is 5.75 Å². The summed E-state index contributed by atoms with van der Waals surface area (Å²) in [7, 11) is 0. The topological polar surface area (TPSA) is 62.5 Å². The number of hydrogen-bond donors (Lipinski definition) is 2. The molecule has 4 heteroatoms. The Kier molecular flexibility index (Phi) is 5.35. The van der Waals surface area contributed by atoms with Crippen LogP contribution in [-0.4, -0.2) is 17.6 Å². The third-order valence-electron chi connectivity index (χ3n) is 2.97. The molecular formula is C17H19NO3. The maximum Gasteiger partial charge on any atom is 0.214 e. The Morgan fingerprint density at radius 2 is 1.90 bits per heavy atom. The van der Waals surface area contributed by atoms with Crippen LogP contribution in [0.4, 0.5) is 0 Å². The van der Waals surface area contributed by atoms with Gasteiger partial charge in [0, 0.05) is 0 Å². The summed E-state index contributed by atoms with van der Waals surface area (Å²) in [5.41, 5.74) is 1.66. The Morgan fingerprint density at radius 3 is 2.62 bits per heavy atom. The highest BCUT2D eigenvalue weighted by atomic mass is 16.5. The average molecular weight is 285 g/mol. The molecule has 0 saturated heterocycles. The number of aliphatic hydroxyl groups is 1. The Morgan fingerprint density at radius 1 is 1.14 bits per heavy atom. The molecule has 2 N–H and O–H groups in total. The lowest BCUT2D eigenvalue weighted by Crippen LogP contribution is -2.14. The van der Waals surface area contributed by atoms with E-state index < -0.39 is 6.10 Å². The summed E-state index contributed by atoms with van der Waals surface area (Å²) < 4.78 is 10.7. The third kappa shape index (κ3) is 4.33. The van der Waals surface area contributed by atoms with Gasteiger partial charge in [0.1, 0.15) is 12.4 Å². The fourth-order valence-corrected chi connectivity index (χ4v) is 1.90. The number of rotatable bonds is 6. The van der Waals surface area contributed by atoms with E-state index in [2.05, 4.69) is 0 Å². The second kappa shape index (κ2) is 7.45. The summed E-state index contributed by atoms with van der Waals surface area (Å²) in [6, 6.07) is 16.9. The van der Waals surface area contributed by atoms with Crippen LogP contribution in [0, 0.1) is 5.41 Å². The SMILES string of the molecule is CCOC(=N)C(O)c1cccc(OCc2ccccc2)c1. The highest BCUT2D eigenvalue weighted by Crippen LogP contribution is 2.21. The molecule has 2 aromatic carbocycles. The molecule has 21 heavy (non-hydrogen) atoms. The number of nitrogens with one attached hydrogen (secondary N) is 1. The first-order chi connectivity index (χ1) is 10.2. The minimum Gasteiger partial charge on any atom is -0.489 e. The van der Waals surface area contributed by atoms with Gasteiger partial charge in [-0.3, -0.25) is 5.41 Å². The summed E-state index contributed by atoms with van der Waals surface area (Å²) >= 11 is 0. The number of hydrogen-bond acceptors (Lipinski definition) is 4. The fourth-order valence-electron chi connectivity index (χ4n) is 1.90. The third-order valence-corrected chi connectivity index (χ3v) is 2.97. The number of aliphatic hydroxyl groups excluding tert-OH is 1. The Labute approximate surface area is 124 Å². The van der Waals surface area contributed by atoms with Crippen LogP contribution >= 0.6 is 0 Å². The largest absolute Gasteiger partial charge is 0.489 e. The molecule has 0 amide bonds. The van der Waals surface area contributed by atoms with E-state index >= 15 is 0 Å². The maximum atomic E-state index is 10.0. The summed E-state index contributed by atoms with van der Waals surface area (Å²) in [6.45, 7) is 2.60. The standard InChI is InChI=1S/C17H19NO3/c1-2-20-17(18)16(19)14-9-6-10-15(11-14)21-12-13-7-4-3-5-8-13/h3-11,16,18-19H,2,12H2,1H3. The van der Waals surface area contributed by atoms with Crippen LogP contribution < -0.4 is 4.74 Å². The second-order valence-electron chi connectivity index (χ2n) is 4.55. The van der Waals surface area contributed by atoms with Crippen molar-refractivity contribution in [1.29, 1.82) is 5.41 Å². The normalized spacial score (nSPS) is 11.7. The van der Waals surface area contributed by atoms with Crippen molar-refractivity contribution >= 4 is 5.90 Å². The van der Waals surface area contributed by atoms with Gasteiger partial charge in [0.05, 0.1) is 6.61 Å². The molecule has 0 spiro atoms. The monoisotopic (exact) mass is 285 g/mol. The van der Waals surface area contributed by atoms with E-state index in [1.54, 1.807) is 25.1 Å². The lowest BCUT2D eigenvalue weighted by molar-refractivity contribution is 0.190. The predicted octanol–water partition coefficient (Wildman–Crippen LogP) is 3.31. The van der Waals surface area contributed by atoms with Crippen molar-refractivity contribution in [2.75, 3.05) is 6.61 Å². The smallest absolute Gasteiger partial charge is 0.214 e. The molecule has 0 heterocycles. The Balaban J connectivity index is 2.02. The molecule has 2 rings (SSSR count). The number of benzene rings is 2. The van der Waals surface area contributed by atoms with Crippen LogP contribution in [-0.2, 0) is 11.3 Å². The molecular weight excluding hydrogens is 266 g/mol. The molecule has 1 atom stereocenters. The van der Waals surface area contributed by atoms with Crippen LogP contribution in [0.2, 0.25) is 0 Å². The molecule has 4 nitrogen and oxygen atoms in total. The van der Waals surface area contributed by atoms with Gasteiger partial charge in [0.15, 0.2) is 6.10 Å². The van der Waals surface area contributed by atoms with Crippen molar-refractivity contribution in [2.45, 2.75) is 19.6 Å². The minimum absolute atomic E-state index is 0.155. The molecule has 1 unspecified atom stereocenters. The predicted molar refractivity (Wildman–Crippen MR) is 81.5 cm³/mol. The van der Waals surface area contributed by atoms with Crippen molar-refractivity contribution < 1.29 is 14.6 Å². The van der Waals surface area contributed by atoms with Crippen molar-refractivity contribution in [3.63, 3.8) is 0 Å². The number of ether oxygens (including phenoxy) is 2. The second-order valence-corrected chi connectivity index (χ2v) is 4.55. The van der Waals surface area contributed by atoms with E-state index in [-0.39, 0.29) is 5.90 Å². The quantitative estimate of drug-likeness (QED) is 0.632. The van der Waals surface area contributed by atoms with Gasteiger partial charge in [-0.05, 0) is 30.2 Å². The molecule has 2 aromatic rings. The molecule has 110 valence electrons. The van der Waals surface area contributed by atoms with Gasteiger partial charge in [-0.25, -0.2) is 0 Å². The molecule has 0 aliphatic carbocycles. The molecule has 0 aliphatic rings. The van der Waals surface area contributed by atoms with Gasteiger partial charge in [0.25, 0.3) is 0 Å². The van der Waals surface area contributed by atoms with Gasteiger partial charge in [0.2, 0.25) is 5.90 Å². The van der Waals surface area contributed by atoms with Gasteiger partial charge in [-0.1, -0.05) is 42.5 Å². The van der Waals surface area contributed by atoms with Crippen LogP contribution in [0.15, 0.2) is 54.6 Å². The van der Waals surface area contributed by atoms with E-state index in [1.165, 1.54) is 0 Å². The molecule has 0 radical (unpaired) electrons. The van der Waals surface area contributed by atoms with E-state index in [4.69, 9.17) is 14.9 Å². The molecule has 0 aromatic heterocycles. The first-order valence-electron chi connectivity index (χ1n) is 6.86. The van der Waals surface area contributed by atoms with Crippen molar-refractivity contribution in [3.05, 3.63) is 65.7 Å². The van der Waals surface area contributed by atoms with Gasteiger partial charge in [-0.2, -0.15) is 0 Å². The molecule has 0 fully saturated rings. The summed E-state index contributed by atoms with van der Waals surface area (Å²) in [5, 5.41) is 17.7. The lowest BCUT2D eigenvalue weighted by Gasteiger charge is -2.14. The van der Waals surface area contributed by atoms with Crippen molar-refractivity contribution in [2.24, 2.45) is 0 Å². The summed E-state index contributed by atoms with van der Waals surface area (Å²) in [4.78, 5) is 0. The first kappa shape index (κ1) is 15.1. The zero-order valence-electron chi connectivity index (χ0n) is 12.0. The molecule has 0 saturated carbocycles. The molecule has 0 aliphatic heterocycles.